The van der Waals surface area contributed by atoms with Gasteiger partial charge in [-0.3, -0.25) is 9.59 Å². The van der Waals surface area contributed by atoms with Crippen molar-refractivity contribution >= 4 is 34.5 Å². The molecule has 0 unspecified atom stereocenters. The fourth-order valence-corrected chi connectivity index (χ4v) is 8.43. The van der Waals surface area contributed by atoms with Gasteiger partial charge in [0.1, 0.15) is 12.4 Å². The molecule has 1 amide bonds. The average molecular weight is 609 g/mol. The van der Waals surface area contributed by atoms with E-state index in [-0.39, 0.29) is 53.2 Å². The first-order valence-corrected chi connectivity index (χ1v) is 15.6. The molecule has 4 heterocycles. The van der Waals surface area contributed by atoms with Gasteiger partial charge in [-0.2, -0.15) is 11.8 Å². The number of ether oxygens (including phenoxy) is 1. The Balaban J connectivity index is 1.53. The minimum absolute atomic E-state index is 0.0264. The molecule has 228 valence electrons. The van der Waals surface area contributed by atoms with E-state index in [0.29, 0.717) is 35.3 Å². The summed E-state index contributed by atoms with van der Waals surface area (Å²) in [7, 11) is 0. The van der Waals surface area contributed by atoms with Crippen molar-refractivity contribution in [3.8, 4) is 11.4 Å². The standard InChI is InChI=1S/C32H37FN4O5S/c1-7-32(41)19-10-23-26-17(12-37(23)29(39)18(19)13-42-30(32)40)25-21(36-28(38)27(34)31(5,6)43-14(2)3)9-8-16-15(4)20(33)11-22(35-26)24(16)25/h10-11,14,21,27,41H,7-9,12-13,34H2,1-6H3,(H,36,38)/t21-,27-,32-/m0/s1. The molecule has 6 rings (SSSR count). The summed E-state index contributed by atoms with van der Waals surface area (Å²) in [5.74, 6) is -1.45. The number of esters is 1. The molecular weight excluding hydrogens is 571 g/mol. The number of thioether (sulfide) groups is 1. The second-order valence-corrected chi connectivity index (χ2v) is 14.9. The van der Waals surface area contributed by atoms with Gasteiger partial charge in [-0.1, -0.05) is 20.8 Å². The third-order valence-corrected chi connectivity index (χ3v) is 10.6. The molecular formula is C32H37FN4O5S. The molecule has 0 bridgehead atoms. The topological polar surface area (TPSA) is 137 Å². The number of fused-ring (bicyclic) bond motifs is 5. The van der Waals surface area contributed by atoms with Crippen molar-refractivity contribution in [2.45, 2.75) is 102 Å². The van der Waals surface area contributed by atoms with Gasteiger partial charge in [0.05, 0.1) is 41.1 Å². The van der Waals surface area contributed by atoms with E-state index in [0.717, 1.165) is 22.1 Å². The van der Waals surface area contributed by atoms with Gasteiger partial charge < -0.3 is 25.5 Å². The number of halogens is 1. The average Bonchev–Trinajstić information content (AvgIpc) is 3.32. The van der Waals surface area contributed by atoms with E-state index < -0.39 is 28.4 Å². The highest BCUT2D eigenvalue weighted by atomic mass is 32.2. The molecule has 0 spiro atoms. The number of pyridine rings is 2. The van der Waals surface area contributed by atoms with E-state index in [4.69, 9.17) is 15.5 Å². The number of aromatic nitrogens is 2. The summed E-state index contributed by atoms with van der Waals surface area (Å²) in [4.78, 5) is 44.9. The number of aryl methyl sites for hydroxylation is 1. The number of cyclic esters (lactones) is 1. The lowest BCUT2D eigenvalue weighted by Crippen LogP contribution is -2.53. The second kappa shape index (κ2) is 10.1. The van der Waals surface area contributed by atoms with Gasteiger partial charge >= 0.3 is 5.97 Å². The first-order chi connectivity index (χ1) is 20.2. The van der Waals surface area contributed by atoms with Crippen LogP contribution in [-0.4, -0.2) is 42.6 Å². The number of aliphatic hydroxyl groups is 1. The zero-order valence-electron chi connectivity index (χ0n) is 25.3. The first-order valence-electron chi connectivity index (χ1n) is 14.7. The van der Waals surface area contributed by atoms with Crippen LogP contribution >= 0.6 is 11.8 Å². The van der Waals surface area contributed by atoms with Crippen LogP contribution in [0.1, 0.15) is 86.9 Å². The molecule has 2 aromatic heterocycles. The van der Waals surface area contributed by atoms with Crippen LogP contribution in [0.4, 0.5) is 4.39 Å². The van der Waals surface area contributed by atoms with Crippen molar-refractivity contribution < 1.29 is 23.8 Å². The predicted molar refractivity (Wildman–Crippen MR) is 163 cm³/mol. The highest BCUT2D eigenvalue weighted by Gasteiger charge is 2.46. The van der Waals surface area contributed by atoms with Crippen LogP contribution in [0.2, 0.25) is 0 Å². The molecule has 0 fully saturated rings. The van der Waals surface area contributed by atoms with Crippen molar-refractivity contribution in [2.75, 3.05) is 0 Å². The van der Waals surface area contributed by atoms with Crippen LogP contribution < -0.4 is 16.6 Å². The molecule has 2 aliphatic heterocycles. The number of nitrogens with two attached hydrogens (primary N) is 1. The summed E-state index contributed by atoms with van der Waals surface area (Å²) in [6, 6.07) is 1.82. The van der Waals surface area contributed by atoms with Crippen molar-refractivity contribution in [3.63, 3.8) is 0 Å². The Kier molecular flexibility index (Phi) is 7.02. The second-order valence-electron chi connectivity index (χ2n) is 12.7. The fourth-order valence-electron chi connectivity index (χ4n) is 6.96. The Morgan fingerprint density at radius 2 is 2.02 bits per heavy atom. The largest absolute Gasteiger partial charge is 0.458 e. The highest BCUT2D eigenvalue weighted by Crippen LogP contribution is 2.46. The van der Waals surface area contributed by atoms with E-state index in [9.17, 15) is 19.5 Å². The Hall–Kier alpha value is -3.28. The molecule has 11 heteroatoms. The molecule has 3 aliphatic rings. The van der Waals surface area contributed by atoms with Gasteiger partial charge in [0.15, 0.2) is 5.60 Å². The molecule has 43 heavy (non-hydrogen) atoms. The van der Waals surface area contributed by atoms with Crippen LogP contribution in [0.25, 0.3) is 22.3 Å². The van der Waals surface area contributed by atoms with Gasteiger partial charge in [-0.05, 0) is 68.0 Å². The summed E-state index contributed by atoms with van der Waals surface area (Å²) in [6.07, 6.45) is 1.10. The molecule has 0 saturated carbocycles. The molecule has 4 N–H and O–H groups in total. The van der Waals surface area contributed by atoms with Crippen LogP contribution in [0, 0.1) is 12.7 Å². The third kappa shape index (κ3) is 4.42. The Bertz CT molecular complexity index is 1780. The molecule has 3 atom stereocenters. The molecule has 1 aromatic carbocycles. The maximum atomic E-state index is 15.2. The SMILES string of the molecule is CC[C@@]1(O)C(=O)OCc2c1cc1n(c2=O)Cc2c-1nc1cc(F)c(C)c3c1c2[C@@H](NC(=O)[C@H](N)C(C)(C)SC(C)C)CC3. The number of hydrogen-bond acceptors (Lipinski definition) is 8. The van der Waals surface area contributed by atoms with Gasteiger partial charge in [-0.15, -0.1) is 0 Å². The summed E-state index contributed by atoms with van der Waals surface area (Å²) < 4.78 is 21.4. The lowest BCUT2D eigenvalue weighted by molar-refractivity contribution is -0.172. The van der Waals surface area contributed by atoms with Gasteiger partial charge in [-0.25, -0.2) is 14.2 Å². The van der Waals surface area contributed by atoms with Crippen LogP contribution in [0.15, 0.2) is 16.9 Å². The summed E-state index contributed by atoms with van der Waals surface area (Å²) in [6.45, 7) is 11.4. The minimum atomic E-state index is -1.96. The van der Waals surface area contributed by atoms with Crippen molar-refractivity contribution in [2.24, 2.45) is 5.73 Å². The minimum Gasteiger partial charge on any atom is -0.458 e. The summed E-state index contributed by atoms with van der Waals surface area (Å²) >= 11 is 1.64. The number of carbonyl (C=O) groups excluding carboxylic acids is 2. The molecule has 3 aromatic rings. The van der Waals surface area contributed by atoms with Crippen LogP contribution in [-0.2, 0) is 39.5 Å². The zero-order valence-corrected chi connectivity index (χ0v) is 26.1. The zero-order chi connectivity index (χ0) is 31.2. The predicted octanol–water partition coefficient (Wildman–Crippen LogP) is 3.88. The van der Waals surface area contributed by atoms with E-state index in [1.54, 1.807) is 36.2 Å². The summed E-state index contributed by atoms with van der Waals surface area (Å²) in [5, 5.41) is 15.5. The van der Waals surface area contributed by atoms with E-state index in [1.165, 1.54) is 6.07 Å². The van der Waals surface area contributed by atoms with E-state index in [1.807, 2.05) is 13.8 Å². The highest BCUT2D eigenvalue weighted by molar-refractivity contribution is 8.01. The monoisotopic (exact) mass is 608 g/mol. The van der Waals surface area contributed by atoms with E-state index in [2.05, 4.69) is 19.2 Å². The quantitative estimate of drug-likeness (QED) is 0.281. The maximum absolute atomic E-state index is 15.2. The molecule has 9 nitrogen and oxygen atoms in total. The fraction of sp³-hybridized carbons (Fsp3) is 0.500. The van der Waals surface area contributed by atoms with Crippen molar-refractivity contribution in [3.05, 3.63) is 61.7 Å². The number of benzene rings is 1. The van der Waals surface area contributed by atoms with Crippen LogP contribution in [0.3, 0.4) is 0 Å². The number of carbonyl (C=O) groups is 2. The number of amides is 1. The lowest BCUT2D eigenvalue weighted by Gasteiger charge is -2.34. The first kappa shape index (κ1) is 29.8. The molecule has 0 saturated heterocycles. The number of hydrogen-bond donors (Lipinski definition) is 3. The van der Waals surface area contributed by atoms with Crippen molar-refractivity contribution in [1.29, 1.82) is 0 Å². The van der Waals surface area contributed by atoms with Gasteiger partial charge in [0.2, 0.25) is 5.91 Å². The number of rotatable bonds is 6. The molecule has 0 radical (unpaired) electrons. The number of nitrogens with one attached hydrogen (secondary N) is 1. The number of nitrogens with zero attached hydrogens (tertiary/aromatic N) is 2. The Labute approximate surface area is 253 Å². The Morgan fingerprint density at radius 3 is 2.70 bits per heavy atom. The van der Waals surface area contributed by atoms with Gasteiger partial charge in [0, 0.05) is 27.3 Å². The maximum Gasteiger partial charge on any atom is 0.343 e. The van der Waals surface area contributed by atoms with Crippen molar-refractivity contribution in [1.82, 2.24) is 14.9 Å². The van der Waals surface area contributed by atoms with Crippen LogP contribution in [0.5, 0.6) is 0 Å². The molecule has 1 aliphatic carbocycles. The third-order valence-electron chi connectivity index (χ3n) is 9.27. The normalized spacial score (nSPS) is 21.3. The summed E-state index contributed by atoms with van der Waals surface area (Å²) in [5.41, 5.74) is 8.87. The van der Waals surface area contributed by atoms with Gasteiger partial charge in [0.25, 0.3) is 5.56 Å². The lowest BCUT2D eigenvalue weighted by atomic mass is 9.81. The van der Waals surface area contributed by atoms with E-state index >= 15 is 4.39 Å². The Morgan fingerprint density at radius 1 is 1.30 bits per heavy atom. The smallest absolute Gasteiger partial charge is 0.343 e.